The van der Waals surface area contributed by atoms with Crippen molar-refractivity contribution in [1.82, 2.24) is 0 Å². The van der Waals surface area contributed by atoms with Crippen molar-refractivity contribution in [2.45, 2.75) is 0 Å². The molecule has 7 nitrogen and oxygen atoms in total. The maximum Gasteiger partial charge on any atom is 0.354 e. The molecule has 0 aliphatic rings. The summed E-state index contributed by atoms with van der Waals surface area (Å²) in [5.41, 5.74) is -0.124. The molecule has 0 atom stereocenters. The van der Waals surface area contributed by atoms with Gasteiger partial charge in [-0.05, 0) is 36.4 Å². The molecule has 0 saturated heterocycles. The van der Waals surface area contributed by atoms with Crippen LogP contribution in [0, 0.1) is 5.82 Å². The molecule has 142 valence electrons. The first-order valence-electron chi connectivity index (χ1n) is 7.73. The van der Waals surface area contributed by atoms with Crippen molar-refractivity contribution >= 4 is 17.6 Å². The molecule has 8 heteroatoms. The van der Waals surface area contributed by atoms with Crippen LogP contribution in [0.1, 0.15) is 0 Å². The molecule has 27 heavy (non-hydrogen) atoms. The lowest BCUT2D eigenvalue weighted by atomic mass is 10.2. The van der Waals surface area contributed by atoms with Crippen LogP contribution in [0.15, 0.2) is 54.2 Å². The van der Waals surface area contributed by atoms with E-state index >= 15 is 0 Å². The molecule has 0 aliphatic carbocycles. The molecule has 1 N–H and O–H groups in total. The molecular formula is C19H18FNO6. The number of nitrogens with one attached hydrogen (secondary N) is 1. The second-order valence-electron chi connectivity index (χ2n) is 5.12. The first-order valence-corrected chi connectivity index (χ1v) is 7.73. The number of anilines is 1. The van der Waals surface area contributed by atoms with Gasteiger partial charge < -0.3 is 24.3 Å². The number of carbonyl (C=O) groups is 2. The molecule has 0 saturated carbocycles. The number of hydrogen-bond donors (Lipinski definition) is 1. The van der Waals surface area contributed by atoms with Crippen LogP contribution in [-0.2, 0) is 19.1 Å². The molecule has 0 spiro atoms. The van der Waals surface area contributed by atoms with E-state index < -0.39 is 17.8 Å². The second-order valence-corrected chi connectivity index (χ2v) is 5.12. The molecule has 0 fully saturated rings. The van der Waals surface area contributed by atoms with E-state index in [0.717, 1.165) is 26.4 Å². The lowest BCUT2D eigenvalue weighted by molar-refractivity contribution is -0.138. The Morgan fingerprint density at radius 3 is 2.22 bits per heavy atom. The third kappa shape index (κ3) is 5.46. The maximum absolute atomic E-state index is 13.7. The van der Waals surface area contributed by atoms with Crippen molar-refractivity contribution in [2.75, 3.05) is 26.6 Å². The first-order chi connectivity index (χ1) is 13.0. The normalized spacial score (nSPS) is 10.7. The van der Waals surface area contributed by atoms with Crippen molar-refractivity contribution < 1.29 is 32.9 Å². The van der Waals surface area contributed by atoms with Gasteiger partial charge in [-0.1, -0.05) is 0 Å². The van der Waals surface area contributed by atoms with Crippen molar-refractivity contribution in [2.24, 2.45) is 0 Å². The number of benzene rings is 2. The maximum atomic E-state index is 13.7. The number of halogens is 1. The summed E-state index contributed by atoms with van der Waals surface area (Å²) in [5, 5.41) is 2.64. The summed E-state index contributed by atoms with van der Waals surface area (Å²) < 4.78 is 33.6. The van der Waals surface area contributed by atoms with E-state index in [9.17, 15) is 14.0 Å². The van der Waals surface area contributed by atoms with Crippen molar-refractivity contribution in [3.8, 4) is 17.2 Å². The molecular weight excluding hydrogens is 357 g/mol. The van der Waals surface area contributed by atoms with E-state index in [-0.39, 0.29) is 17.1 Å². The number of hydrogen-bond acceptors (Lipinski definition) is 7. The molecule has 0 aromatic heterocycles. The van der Waals surface area contributed by atoms with Gasteiger partial charge in [0.05, 0.1) is 33.1 Å². The van der Waals surface area contributed by atoms with Crippen molar-refractivity contribution in [3.63, 3.8) is 0 Å². The van der Waals surface area contributed by atoms with Gasteiger partial charge in [0.2, 0.25) is 0 Å². The van der Waals surface area contributed by atoms with Crippen molar-refractivity contribution in [1.29, 1.82) is 0 Å². The lowest BCUT2D eigenvalue weighted by Crippen LogP contribution is -2.16. The fourth-order valence-corrected chi connectivity index (χ4v) is 2.04. The molecule has 0 heterocycles. The summed E-state index contributed by atoms with van der Waals surface area (Å²) in [5.74, 6) is -0.851. The van der Waals surface area contributed by atoms with Gasteiger partial charge >= 0.3 is 11.9 Å². The van der Waals surface area contributed by atoms with E-state index in [2.05, 4.69) is 14.8 Å². The fraction of sp³-hybridized carbons (Fsp3) is 0.158. The quantitative estimate of drug-likeness (QED) is 0.587. The monoisotopic (exact) mass is 375 g/mol. The highest BCUT2D eigenvalue weighted by atomic mass is 19.1. The summed E-state index contributed by atoms with van der Waals surface area (Å²) in [6, 6.07) is 10.4. The Labute approximate surface area is 155 Å². The van der Waals surface area contributed by atoms with E-state index in [1.807, 2.05) is 0 Å². The lowest BCUT2D eigenvalue weighted by Gasteiger charge is -2.14. The van der Waals surface area contributed by atoms with Crippen LogP contribution in [0.4, 0.5) is 10.1 Å². The number of carbonyl (C=O) groups excluding carboxylic acids is 2. The average Bonchev–Trinajstić information content (AvgIpc) is 2.69. The molecule has 2 aromatic carbocycles. The van der Waals surface area contributed by atoms with E-state index in [1.165, 1.54) is 12.1 Å². The van der Waals surface area contributed by atoms with Crippen LogP contribution < -0.4 is 14.8 Å². The van der Waals surface area contributed by atoms with Gasteiger partial charge in [0.25, 0.3) is 0 Å². The number of methoxy groups -OCH3 is 3. The largest absolute Gasteiger partial charge is 0.497 e. The molecule has 0 unspecified atom stereocenters. The van der Waals surface area contributed by atoms with Gasteiger partial charge in [-0.15, -0.1) is 0 Å². The Morgan fingerprint density at radius 1 is 0.963 bits per heavy atom. The SMILES string of the molecule is COC(=O)/C=C(/Nc1cc(F)ccc1Oc1ccc(OC)cc1)C(=O)OC. The standard InChI is InChI=1S/C19H18FNO6/c1-24-13-5-7-14(8-6-13)27-17-9-4-12(20)10-15(17)21-16(19(23)26-3)11-18(22)25-2/h4-11,21H,1-3H3/b16-11+. The zero-order chi connectivity index (χ0) is 19.8. The molecule has 2 rings (SSSR count). The minimum atomic E-state index is -0.833. The summed E-state index contributed by atoms with van der Waals surface area (Å²) in [6.45, 7) is 0. The van der Waals surface area contributed by atoms with Crippen LogP contribution in [0.5, 0.6) is 17.2 Å². The summed E-state index contributed by atoms with van der Waals surface area (Å²) in [4.78, 5) is 23.4. The molecule has 0 aliphatic heterocycles. The van der Waals surface area contributed by atoms with Crippen LogP contribution in [0.25, 0.3) is 0 Å². The topological polar surface area (TPSA) is 83.1 Å². The van der Waals surface area contributed by atoms with Crippen LogP contribution >= 0.6 is 0 Å². The summed E-state index contributed by atoms with van der Waals surface area (Å²) >= 11 is 0. The van der Waals surface area contributed by atoms with Gasteiger partial charge in [0.15, 0.2) is 5.75 Å². The summed E-state index contributed by atoms with van der Waals surface area (Å²) in [7, 11) is 3.85. The molecule has 0 bridgehead atoms. The van der Waals surface area contributed by atoms with Crippen LogP contribution in [0.3, 0.4) is 0 Å². The Bertz CT molecular complexity index is 848. The van der Waals surface area contributed by atoms with Gasteiger partial charge in [-0.25, -0.2) is 14.0 Å². The number of ether oxygens (including phenoxy) is 4. The smallest absolute Gasteiger partial charge is 0.354 e. The Hall–Kier alpha value is -3.55. The highest BCUT2D eigenvalue weighted by molar-refractivity contribution is 5.99. The zero-order valence-electron chi connectivity index (χ0n) is 14.9. The second kappa shape index (κ2) is 9.23. The third-order valence-electron chi connectivity index (χ3n) is 3.37. The average molecular weight is 375 g/mol. The van der Waals surface area contributed by atoms with E-state index in [1.54, 1.807) is 31.4 Å². The minimum Gasteiger partial charge on any atom is -0.497 e. The van der Waals surface area contributed by atoms with E-state index in [4.69, 9.17) is 9.47 Å². The predicted molar refractivity (Wildman–Crippen MR) is 95.2 cm³/mol. The van der Waals surface area contributed by atoms with Gasteiger partial charge in [0, 0.05) is 6.07 Å². The Balaban J connectivity index is 2.34. The zero-order valence-corrected chi connectivity index (χ0v) is 14.9. The molecule has 0 radical (unpaired) electrons. The summed E-state index contributed by atoms with van der Waals surface area (Å²) in [6.07, 6.45) is 0.897. The molecule has 2 aromatic rings. The van der Waals surface area contributed by atoms with Crippen LogP contribution in [-0.4, -0.2) is 33.3 Å². The van der Waals surface area contributed by atoms with Crippen molar-refractivity contribution in [3.05, 3.63) is 60.1 Å². The van der Waals surface area contributed by atoms with Gasteiger partial charge in [0.1, 0.15) is 23.0 Å². The van der Waals surface area contributed by atoms with Gasteiger partial charge in [-0.2, -0.15) is 0 Å². The third-order valence-corrected chi connectivity index (χ3v) is 3.37. The number of esters is 2. The Morgan fingerprint density at radius 2 is 1.63 bits per heavy atom. The fourth-order valence-electron chi connectivity index (χ4n) is 2.04. The highest BCUT2D eigenvalue weighted by Crippen LogP contribution is 2.32. The first kappa shape index (κ1) is 19.8. The van der Waals surface area contributed by atoms with Crippen LogP contribution in [0.2, 0.25) is 0 Å². The predicted octanol–water partition coefficient (Wildman–Crippen LogP) is 3.27. The highest BCUT2D eigenvalue weighted by Gasteiger charge is 2.16. The molecule has 0 amide bonds. The van der Waals surface area contributed by atoms with Gasteiger partial charge in [-0.3, -0.25) is 0 Å². The number of rotatable bonds is 7. The minimum absolute atomic E-state index is 0.117. The van der Waals surface area contributed by atoms with E-state index in [0.29, 0.717) is 11.5 Å². The Kier molecular flexibility index (Phi) is 6.76.